The van der Waals surface area contributed by atoms with Crippen LogP contribution in [0.15, 0.2) is 11.8 Å². The second-order valence-corrected chi connectivity index (χ2v) is 4.79. The van der Waals surface area contributed by atoms with Crippen LogP contribution in [0.3, 0.4) is 0 Å². The van der Waals surface area contributed by atoms with Gasteiger partial charge in [0.1, 0.15) is 0 Å². The SMILES string of the molecule is CC(C)(C(=O)C1=CCCO1)N1CCCC1. The van der Waals surface area contributed by atoms with Crippen molar-refractivity contribution in [2.45, 2.75) is 38.6 Å². The zero-order valence-electron chi connectivity index (χ0n) is 9.58. The van der Waals surface area contributed by atoms with Crippen molar-refractivity contribution in [2.75, 3.05) is 19.7 Å². The molecule has 0 aliphatic carbocycles. The van der Waals surface area contributed by atoms with Gasteiger partial charge >= 0.3 is 0 Å². The number of rotatable bonds is 3. The van der Waals surface area contributed by atoms with Crippen LogP contribution in [0.25, 0.3) is 0 Å². The third kappa shape index (κ3) is 1.93. The third-order valence-corrected chi connectivity index (χ3v) is 3.38. The van der Waals surface area contributed by atoms with E-state index in [0.29, 0.717) is 12.4 Å². The summed E-state index contributed by atoms with van der Waals surface area (Å²) >= 11 is 0. The van der Waals surface area contributed by atoms with E-state index in [9.17, 15) is 4.79 Å². The number of ether oxygens (including phenoxy) is 1. The van der Waals surface area contributed by atoms with Crippen molar-refractivity contribution in [3.63, 3.8) is 0 Å². The smallest absolute Gasteiger partial charge is 0.216 e. The van der Waals surface area contributed by atoms with Crippen LogP contribution in [0.5, 0.6) is 0 Å². The quantitative estimate of drug-likeness (QED) is 0.709. The summed E-state index contributed by atoms with van der Waals surface area (Å²) in [5.41, 5.74) is -0.396. The molecular weight excluding hydrogens is 190 g/mol. The molecule has 0 atom stereocenters. The normalized spacial score (nSPS) is 22.7. The lowest BCUT2D eigenvalue weighted by Gasteiger charge is -2.33. The van der Waals surface area contributed by atoms with E-state index in [1.807, 2.05) is 19.9 Å². The Morgan fingerprint density at radius 3 is 2.60 bits per heavy atom. The van der Waals surface area contributed by atoms with Crippen LogP contribution in [0.2, 0.25) is 0 Å². The maximum atomic E-state index is 12.2. The molecule has 84 valence electrons. The first-order chi connectivity index (χ1) is 7.12. The van der Waals surface area contributed by atoms with Gasteiger partial charge in [-0.3, -0.25) is 9.69 Å². The van der Waals surface area contributed by atoms with E-state index in [-0.39, 0.29) is 5.78 Å². The molecule has 0 amide bonds. The zero-order chi connectivity index (χ0) is 10.9. The first-order valence-corrected chi connectivity index (χ1v) is 5.75. The average Bonchev–Trinajstić information content (AvgIpc) is 2.89. The van der Waals surface area contributed by atoms with Gasteiger partial charge in [-0.05, 0) is 45.9 Å². The molecule has 0 saturated carbocycles. The van der Waals surface area contributed by atoms with E-state index in [4.69, 9.17) is 4.74 Å². The van der Waals surface area contributed by atoms with Crippen molar-refractivity contribution < 1.29 is 9.53 Å². The Labute approximate surface area is 91.1 Å². The number of hydrogen-bond donors (Lipinski definition) is 0. The Bertz CT molecular complexity index is 288. The number of Topliss-reactive ketones (excluding diaryl/α,β-unsaturated/α-hetero) is 1. The molecule has 0 spiro atoms. The number of nitrogens with zero attached hydrogens (tertiary/aromatic N) is 1. The predicted octanol–water partition coefficient (Wildman–Crippen LogP) is 1.73. The van der Waals surface area contributed by atoms with E-state index in [1.165, 1.54) is 12.8 Å². The Kier molecular flexibility index (Phi) is 2.83. The Morgan fingerprint density at radius 2 is 2.07 bits per heavy atom. The number of ketones is 1. The number of hydrogen-bond acceptors (Lipinski definition) is 3. The molecule has 0 unspecified atom stereocenters. The van der Waals surface area contributed by atoms with Crippen LogP contribution in [-0.4, -0.2) is 35.9 Å². The molecule has 0 radical (unpaired) electrons. The lowest BCUT2D eigenvalue weighted by Crippen LogP contribution is -2.49. The molecule has 2 aliphatic rings. The van der Waals surface area contributed by atoms with Gasteiger partial charge in [0.2, 0.25) is 5.78 Å². The summed E-state index contributed by atoms with van der Waals surface area (Å²) in [7, 11) is 0. The van der Waals surface area contributed by atoms with Gasteiger partial charge in [0, 0.05) is 6.42 Å². The summed E-state index contributed by atoms with van der Waals surface area (Å²) in [4.78, 5) is 14.5. The van der Waals surface area contributed by atoms with Crippen molar-refractivity contribution in [3.8, 4) is 0 Å². The zero-order valence-corrected chi connectivity index (χ0v) is 9.58. The van der Waals surface area contributed by atoms with Gasteiger partial charge in [0.15, 0.2) is 5.76 Å². The van der Waals surface area contributed by atoms with Crippen molar-refractivity contribution in [1.82, 2.24) is 4.90 Å². The van der Waals surface area contributed by atoms with Gasteiger partial charge in [-0.2, -0.15) is 0 Å². The first kappa shape index (κ1) is 10.7. The average molecular weight is 209 g/mol. The molecule has 2 rings (SSSR count). The van der Waals surface area contributed by atoms with E-state index >= 15 is 0 Å². The molecule has 3 heteroatoms. The van der Waals surface area contributed by atoms with Crippen LogP contribution in [0.4, 0.5) is 0 Å². The van der Waals surface area contributed by atoms with Gasteiger partial charge < -0.3 is 4.74 Å². The van der Waals surface area contributed by atoms with Gasteiger partial charge in [0.05, 0.1) is 12.1 Å². The van der Waals surface area contributed by atoms with E-state index in [0.717, 1.165) is 19.5 Å². The van der Waals surface area contributed by atoms with Gasteiger partial charge in [0.25, 0.3) is 0 Å². The monoisotopic (exact) mass is 209 g/mol. The van der Waals surface area contributed by atoms with Crippen LogP contribution in [0, 0.1) is 0 Å². The molecule has 0 aromatic heterocycles. The highest BCUT2D eigenvalue weighted by molar-refractivity contribution is 6.00. The summed E-state index contributed by atoms with van der Waals surface area (Å²) < 4.78 is 5.35. The summed E-state index contributed by atoms with van der Waals surface area (Å²) in [6.45, 7) is 6.74. The topological polar surface area (TPSA) is 29.5 Å². The largest absolute Gasteiger partial charge is 0.490 e. The Morgan fingerprint density at radius 1 is 1.40 bits per heavy atom. The maximum Gasteiger partial charge on any atom is 0.216 e. The molecule has 1 saturated heterocycles. The highest BCUT2D eigenvalue weighted by Gasteiger charge is 2.38. The molecule has 0 bridgehead atoms. The highest BCUT2D eigenvalue weighted by Crippen LogP contribution is 2.26. The number of carbonyl (C=O) groups is 1. The Balaban J connectivity index is 2.09. The summed E-state index contributed by atoms with van der Waals surface area (Å²) in [5, 5.41) is 0. The van der Waals surface area contributed by atoms with Crippen LogP contribution >= 0.6 is 0 Å². The molecule has 3 nitrogen and oxygen atoms in total. The summed E-state index contributed by atoms with van der Waals surface area (Å²) in [6.07, 6.45) is 5.20. The van der Waals surface area contributed by atoms with Crippen LogP contribution < -0.4 is 0 Å². The Hall–Kier alpha value is -0.830. The van der Waals surface area contributed by atoms with E-state index in [1.54, 1.807) is 0 Å². The molecule has 0 N–H and O–H groups in total. The minimum absolute atomic E-state index is 0.141. The minimum Gasteiger partial charge on any atom is -0.490 e. The van der Waals surface area contributed by atoms with Crippen molar-refractivity contribution in [2.24, 2.45) is 0 Å². The summed E-state index contributed by atoms with van der Waals surface area (Å²) in [6, 6.07) is 0. The highest BCUT2D eigenvalue weighted by atomic mass is 16.5. The predicted molar refractivity (Wildman–Crippen MR) is 58.5 cm³/mol. The molecule has 0 aromatic carbocycles. The lowest BCUT2D eigenvalue weighted by molar-refractivity contribution is -0.128. The summed E-state index contributed by atoms with van der Waals surface area (Å²) in [5.74, 6) is 0.716. The number of likely N-dealkylation sites (tertiary alicyclic amines) is 1. The molecule has 2 heterocycles. The van der Waals surface area contributed by atoms with Gasteiger partial charge in [-0.15, -0.1) is 0 Å². The van der Waals surface area contributed by atoms with E-state index in [2.05, 4.69) is 4.90 Å². The lowest BCUT2D eigenvalue weighted by atomic mass is 9.95. The van der Waals surface area contributed by atoms with Crippen LogP contribution in [0.1, 0.15) is 33.1 Å². The second-order valence-electron chi connectivity index (χ2n) is 4.79. The molecule has 1 fully saturated rings. The van der Waals surface area contributed by atoms with E-state index < -0.39 is 5.54 Å². The first-order valence-electron chi connectivity index (χ1n) is 5.75. The molecule has 15 heavy (non-hydrogen) atoms. The fraction of sp³-hybridized carbons (Fsp3) is 0.750. The van der Waals surface area contributed by atoms with Crippen LogP contribution in [-0.2, 0) is 9.53 Å². The van der Waals surface area contributed by atoms with Gasteiger partial charge in [-0.25, -0.2) is 0 Å². The third-order valence-electron chi connectivity index (χ3n) is 3.38. The van der Waals surface area contributed by atoms with Crippen molar-refractivity contribution >= 4 is 5.78 Å². The molecule has 0 aromatic rings. The minimum atomic E-state index is -0.396. The molecular formula is C12H19NO2. The number of carbonyl (C=O) groups excluding carboxylic acids is 1. The van der Waals surface area contributed by atoms with Gasteiger partial charge in [-0.1, -0.05) is 0 Å². The molecule has 2 aliphatic heterocycles. The fourth-order valence-electron chi connectivity index (χ4n) is 2.30. The maximum absolute atomic E-state index is 12.2. The standard InChI is InChI=1S/C12H19NO2/c1-12(2,13-7-3-4-8-13)11(14)10-6-5-9-15-10/h6H,3-5,7-9H2,1-2H3. The van der Waals surface area contributed by atoms with Crippen molar-refractivity contribution in [1.29, 1.82) is 0 Å². The van der Waals surface area contributed by atoms with Crippen molar-refractivity contribution in [3.05, 3.63) is 11.8 Å². The fourth-order valence-corrected chi connectivity index (χ4v) is 2.30. The second kappa shape index (κ2) is 3.97.